The summed E-state index contributed by atoms with van der Waals surface area (Å²) in [6.45, 7) is 3.10. The van der Waals surface area contributed by atoms with Gasteiger partial charge in [0.25, 0.3) is 0 Å². The molecule has 0 radical (unpaired) electrons. The number of hydrogen-bond donors (Lipinski definition) is 1. The Labute approximate surface area is 116 Å². The van der Waals surface area contributed by atoms with Gasteiger partial charge in [-0.2, -0.15) is 0 Å². The Morgan fingerprint density at radius 2 is 2.24 bits per heavy atom. The molecule has 0 spiro atoms. The van der Waals surface area contributed by atoms with Crippen LogP contribution in [-0.4, -0.2) is 31.1 Å². The summed E-state index contributed by atoms with van der Waals surface area (Å²) in [6.07, 6.45) is 2.71. The van der Waals surface area contributed by atoms with Crippen molar-refractivity contribution in [3.8, 4) is 0 Å². The minimum Gasteiger partial charge on any atom is -0.313 e. The van der Waals surface area contributed by atoms with Gasteiger partial charge in [0.15, 0.2) is 0 Å². The number of nitrogens with zero attached hydrogens (tertiary/aromatic N) is 1. The first-order chi connectivity index (χ1) is 8.15. The van der Waals surface area contributed by atoms with Gasteiger partial charge in [-0.15, -0.1) is 0 Å². The summed E-state index contributed by atoms with van der Waals surface area (Å²) in [5, 5.41) is 4.30. The summed E-state index contributed by atoms with van der Waals surface area (Å²) >= 11 is 9.48. The zero-order valence-electron chi connectivity index (χ0n) is 10.0. The number of nitrogens with one attached hydrogen (secondary N) is 1. The van der Waals surface area contributed by atoms with Crippen molar-refractivity contribution in [2.45, 2.75) is 25.4 Å². The fourth-order valence-electron chi connectivity index (χ4n) is 1.77. The third-order valence-corrected chi connectivity index (χ3v) is 3.93. The van der Waals surface area contributed by atoms with Gasteiger partial charge in [0.2, 0.25) is 0 Å². The lowest BCUT2D eigenvalue weighted by atomic mass is 10.2. The lowest BCUT2D eigenvalue weighted by molar-refractivity contribution is 0.323. The molecule has 0 saturated heterocycles. The molecule has 0 atom stereocenters. The molecule has 0 aliphatic heterocycles. The monoisotopic (exact) mass is 316 g/mol. The van der Waals surface area contributed by atoms with E-state index in [2.05, 4.69) is 39.3 Å². The van der Waals surface area contributed by atoms with Gasteiger partial charge in [-0.1, -0.05) is 33.6 Å². The SMILES string of the molecule is CN(CCNC1CC1)Cc1ccc(Cl)cc1Br. The minimum absolute atomic E-state index is 0.777. The smallest absolute Gasteiger partial charge is 0.0417 e. The first-order valence-electron chi connectivity index (χ1n) is 6.01. The number of rotatable bonds is 6. The third-order valence-electron chi connectivity index (χ3n) is 2.96. The van der Waals surface area contributed by atoms with E-state index in [1.54, 1.807) is 0 Å². The van der Waals surface area contributed by atoms with Crippen molar-refractivity contribution in [2.24, 2.45) is 0 Å². The zero-order chi connectivity index (χ0) is 12.3. The summed E-state index contributed by atoms with van der Waals surface area (Å²) in [7, 11) is 2.15. The third kappa shape index (κ3) is 4.59. The summed E-state index contributed by atoms with van der Waals surface area (Å²) in [5.41, 5.74) is 1.28. The van der Waals surface area contributed by atoms with Gasteiger partial charge in [0.1, 0.15) is 0 Å². The van der Waals surface area contributed by atoms with E-state index in [0.29, 0.717) is 0 Å². The van der Waals surface area contributed by atoms with E-state index in [1.807, 2.05) is 12.1 Å². The molecule has 0 bridgehead atoms. The van der Waals surface area contributed by atoms with E-state index in [4.69, 9.17) is 11.6 Å². The van der Waals surface area contributed by atoms with Crippen LogP contribution in [0.1, 0.15) is 18.4 Å². The standard InChI is InChI=1S/C13H18BrClN2/c1-17(7-6-16-12-4-5-12)9-10-2-3-11(15)8-13(10)14/h2-3,8,12,16H,4-7,9H2,1H3. The molecule has 1 aromatic rings. The first-order valence-corrected chi connectivity index (χ1v) is 7.18. The molecule has 2 rings (SSSR count). The summed E-state index contributed by atoms with van der Waals surface area (Å²) in [4.78, 5) is 2.32. The fraction of sp³-hybridized carbons (Fsp3) is 0.538. The van der Waals surface area contributed by atoms with Gasteiger partial charge in [0.05, 0.1) is 0 Å². The van der Waals surface area contributed by atoms with Gasteiger partial charge >= 0.3 is 0 Å². The molecule has 94 valence electrons. The summed E-state index contributed by atoms with van der Waals surface area (Å²) in [6, 6.07) is 6.77. The Balaban J connectivity index is 1.77. The Morgan fingerprint density at radius 3 is 2.88 bits per heavy atom. The van der Waals surface area contributed by atoms with Gasteiger partial charge in [0, 0.05) is 35.2 Å². The largest absolute Gasteiger partial charge is 0.313 e. The van der Waals surface area contributed by atoms with E-state index >= 15 is 0 Å². The van der Waals surface area contributed by atoms with Crippen molar-refractivity contribution in [3.05, 3.63) is 33.3 Å². The van der Waals surface area contributed by atoms with Gasteiger partial charge in [-0.05, 0) is 37.6 Å². The predicted molar refractivity (Wildman–Crippen MR) is 76.5 cm³/mol. The van der Waals surface area contributed by atoms with Gasteiger partial charge < -0.3 is 10.2 Å². The average Bonchev–Trinajstić information content (AvgIpc) is 3.06. The number of benzene rings is 1. The molecule has 1 saturated carbocycles. The normalized spacial score (nSPS) is 15.5. The Morgan fingerprint density at radius 1 is 1.47 bits per heavy atom. The molecule has 0 amide bonds. The summed E-state index contributed by atoms with van der Waals surface area (Å²) < 4.78 is 1.09. The molecular formula is C13H18BrClN2. The first kappa shape index (κ1) is 13.3. The highest BCUT2D eigenvalue weighted by Gasteiger charge is 2.19. The lowest BCUT2D eigenvalue weighted by Gasteiger charge is -2.18. The molecule has 0 unspecified atom stereocenters. The maximum absolute atomic E-state index is 5.93. The van der Waals surface area contributed by atoms with Crippen molar-refractivity contribution in [3.63, 3.8) is 0 Å². The van der Waals surface area contributed by atoms with Gasteiger partial charge in [-0.3, -0.25) is 0 Å². The van der Waals surface area contributed by atoms with Crippen LogP contribution >= 0.6 is 27.5 Å². The van der Waals surface area contributed by atoms with Gasteiger partial charge in [-0.25, -0.2) is 0 Å². The van der Waals surface area contributed by atoms with Crippen LogP contribution in [-0.2, 0) is 6.54 Å². The molecule has 1 aliphatic carbocycles. The Hall–Kier alpha value is -0.0900. The van der Waals surface area contributed by atoms with E-state index < -0.39 is 0 Å². The van der Waals surface area contributed by atoms with Crippen LogP contribution in [0.2, 0.25) is 5.02 Å². The van der Waals surface area contributed by atoms with Crippen molar-refractivity contribution in [1.82, 2.24) is 10.2 Å². The highest BCUT2D eigenvalue weighted by molar-refractivity contribution is 9.10. The molecule has 1 N–H and O–H groups in total. The number of likely N-dealkylation sites (N-methyl/N-ethyl adjacent to an activating group) is 1. The van der Waals surface area contributed by atoms with Crippen molar-refractivity contribution < 1.29 is 0 Å². The topological polar surface area (TPSA) is 15.3 Å². The molecule has 2 nitrogen and oxygen atoms in total. The Bertz CT molecular complexity index is 380. The molecule has 1 fully saturated rings. The van der Waals surface area contributed by atoms with Crippen molar-refractivity contribution in [1.29, 1.82) is 0 Å². The fourth-order valence-corrected chi connectivity index (χ4v) is 2.57. The molecule has 1 aromatic carbocycles. The zero-order valence-corrected chi connectivity index (χ0v) is 12.4. The van der Waals surface area contributed by atoms with Crippen LogP contribution in [0.25, 0.3) is 0 Å². The van der Waals surface area contributed by atoms with Crippen LogP contribution in [0.15, 0.2) is 22.7 Å². The molecule has 0 aromatic heterocycles. The van der Waals surface area contributed by atoms with Crippen molar-refractivity contribution >= 4 is 27.5 Å². The summed E-state index contributed by atoms with van der Waals surface area (Å²) in [5.74, 6) is 0. The molecule has 0 heterocycles. The highest BCUT2D eigenvalue weighted by atomic mass is 79.9. The number of halogens is 2. The highest BCUT2D eigenvalue weighted by Crippen LogP contribution is 2.22. The maximum atomic E-state index is 5.93. The molecule has 17 heavy (non-hydrogen) atoms. The molecule has 4 heteroatoms. The molecule has 1 aliphatic rings. The van der Waals surface area contributed by atoms with Crippen LogP contribution < -0.4 is 5.32 Å². The lowest BCUT2D eigenvalue weighted by Crippen LogP contribution is -2.30. The van der Waals surface area contributed by atoms with Crippen LogP contribution in [0.5, 0.6) is 0 Å². The predicted octanol–water partition coefficient (Wildman–Crippen LogP) is 3.29. The minimum atomic E-state index is 0.777. The Kier molecular flexibility index (Phi) is 4.86. The average molecular weight is 318 g/mol. The van der Waals surface area contributed by atoms with E-state index in [-0.39, 0.29) is 0 Å². The van der Waals surface area contributed by atoms with E-state index in [0.717, 1.165) is 35.2 Å². The van der Waals surface area contributed by atoms with Crippen LogP contribution in [0, 0.1) is 0 Å². The second-order valence-corrected chi connectivity index (χ2v) is 5.99. The van der Waals surface area contributed by atoms with E-state index in [1.165, 1.54) is 18.4 Å². The van der Waals surface area contributed by atoms with Crippen LogP contribution in [0.3, 0.4) is 0 Å². The molecular weight excluding hydrogens is 300 g/mol. The number of hydrogen-bond acceptors (Lipinski definition) is 2. The quantitative estimate of drug-likeness (QED) is 0.866. The van der Waals surface area contributed by atoms with Crippen molar-refractivity contribution in [2.75, 3.05) is 20.1 Å². The maximum Gasteiger partial charge on any atom is 0.0417 e. The van der Waals surface area contributed by atoms with E-state index in [9.17, 15) is 0 Å². The second-order valence-electron chi connectivity index (χ2n) is 4.70. The second kappa shape index (κ2) is 6.19. The van der Waals surface area contributed by atoms with Crippen LogP contribution in [0.4, 0.5) is 0 Å².